The molecule has 96 valence electrons. The van der Waals surface area contributed by atoms with Gasteiger partial charge in [-0.3, -0.25) is 0 Å². The molecule has 2 nitrogen and oxygen atoms in total. The highest BCUT2D eigenvalue weighted by atomic mass is 79.9. The van der Waals surface area contributed by atoms with Crippen LogP contribution < -0.4 is 4.74 Å². The molecule has 2 aromatic rings. The van der Waals surface area contributed by atoms with Gasteiger partial charge in [-0.25, -0.2) is 4.39 Å². The van der Waals surface area contributed by atoms with Gasteiger partial charge in [0.2, 0.25) is 0 Å². The number of hydrogen-bond donors (Lipinski definition) is 0. The fraction of sp³-hybridized carbons (Fsp3) is 0.0714. The lowest BCUT2D eigenvalue weighted by Gasteiger charge is -2.11. The molecule has 0 bridgehead atoms. The van der Waals surface area contributed by atoms with Gasteiger partial charge in [0.15, 0.2) is 11.6 Å². The Bertz CT molecular complexity index is 682. The summed E-state index contributed by atoms with van der Waals surface area (Å²) in [5, 5.41) is 9.22. The largest absolute Gasteiger partial charge is 0.454 e. The first-order valence-corrected chi connectivity index (χ1v) is 6.51. The summed E-state index contributed by atoms with van der Waals surface area (Å²) < 4.78 is 19.8. The quantitative estimate of drug-likeness (QED) is 0.751. The Kier molecular flexibility index (Phi) is 4.08. The fourth-order valence-electron chi connectivity index (χ4n) is 1.56. The minimum Gasteiger partial charge on any atom is -0.454 e. The molecule has 0 atom stereocenters. The van der Waals surface area contributed by atoms with E-state index in [2.05, 4.69) is 15.9 Å². The van der Waals surface area contributed by atoms with E-state index in [9.17, 15) is 4.39 Å². The highest BCUT2D eigenvalue weighted by Crippen LogP contribution is 2.33. The van der Waals surface area contributed by atoms with Crippen LogP contribution in [0, 0.1) is 24.1 Å². The molecule has 2 aromatic carbocycles. The monoisotopic (exact) mass is 339 g/mol. The Hall–Kier alpha value is -1.57. The Balaban J connectivity index is 2.45. The Morgan fingerprint density at radius 3 is 2.74 bits per heavy atom. The van der Waals surface area contributed by atoms with Gasteiger partial charge in [0.25, 0.3) is 0 Å². The van der Waals surface area contributed by atoms with Gasteiger partial charge in [0.1, 0.15) is 5.75 Å². The zero-order chi connectivity index (χ0) is 14.0. The van der Waals surface area contributed by atoms with Crippen LogP contribution in [0.2, 0.25) is 5.02 Å². The molecular weight excluding hydrogens is 333 g/mol. The van der Waals surface area contributed by atoms with Crippen molar-refractivity contribution >= 4 is 27.5 Å². The molecule has 0 aliphatic heterocycles. The highest BCUT2D eigenvalue weighted by molar-refractivity contribution is 9.10. The minimum atomic E-state index is -0.488. The summed E-state index contributed by atoms with van der Waals surface area (Å²) in [6.07, 6.45) is 0. The fourth-order valence-corrected chi connectivity index (χ4v) is 2.10. The van der Waals surface area contributed by atoms with E-state index in [4.69, 9.17) is 21.6 Å². The lowest BCUT2D eigenvalue weighted by Crippen LogP contribution is -1.93. The Morgan fingerprint density at radius 1 is 1.32 bits per heavy atom. The maximum absolute atomic E-state index is 14.0. The van der Waals surface area contributed by atoms with Crippen LogP contribution in [0.4, 0.5) is 4.39 Å². The summed E-state index contributed by atoms with van der Waals surface area (Å²) in [6, 6.07) is 9.86. The van der Waals surface area contributed by atoms with Crippen molar-refractivity contribution in [2.24, 2.45) is 0 Å². The van der Waals surface area contributed by atoms with Gasteiger partial charge in [0, 0.05) is 5.02 Å². The zero-order valence-corrected chi connectivity index (χ0v) is 12.2. The number of nitriles is 1. The van der Waals surface area contributed by atoms with Gasteiger partial charge < -0.3 is 4.74 Å². The SMILES string of the molecule is Cc1ccc(Br)c(F)c1Oc1cc(Cl)cc(C#N)c1. The van der Waals surface area contributed by atoms with Gasteiger partial charge in [0.05, 0.1) is 16.1 Å². The number of hydrogen-bond acceptors (Lipinski definition) is 2. The van der Waals surface area contributed by atoms with Crippen LogP contribution in [0.5, 0.6) is 11.5 Å². The van der Waals surface area contributed by atoms with E-state index in [0.29, 0.717) is 26.4 Å². The maximum atomic E-state index is 14.0. The van der Waals surface area contributed by atoms with E-state index >= 15 is 0 Å². The van der Waals surface area contributed by atoms with Crippen molar-refractivity contribution in [3.05, 3.63) is 56.8 Å². The van der Waals surface area contributed by atoms with Crippen LogP contribution in [-0.2, 0) is 0 Å². The van der Waals surface area contributed by atoms with Crippen LogP contribution >= 0.6 is 27.5 Å². The molecule has 2 rings (SSSR count). The highest BCUT2D eigenvalue weighted by Gasteiger charge is 2.12. The summed E-state index contributed by atoms with van der Waals surface area (Å²) in [4.78, 5) is 0. The molecule has 0 aliphatic rings. The van der Waals surface area contributed by atoms with Crippen LogP contribution in [0.1, 0.15) is 11.1 Å². The van der Waals surface area contributed by atoms with Crippen molar-refractivity contribution in [1.82, 2.24) is 0 Å². The second-order valence-electron chi connectivity index (χ2n) is 3.90. The third-order valence-electron chi connectivity index (χ3n) is 2.47. The van der Waals surface area contributed by atoms with Gasteiger partial charge in [-0.15, -0.1) is 0 Å². The molecule has 0 fully saturated rings. The van der Waals surface area contributed by atoms with E-state index in [-0.39, 0.29) is 5.75 Å². The number of benzene rings is 2. The standard InChI is InChI=1S/C14H8BrClFNO/c1-8-2-3-12(15)13(17)14(8)19-11-5-9(7-18)4-10(16)6-11/h2-6H,1H3. The van der Waals surface area contributed by atoms with Crippen LogP contribution in [-0.4, -0.2) is 0 Å². The normalized spacial score (nSPS) is 10.1. The molecular formula is C14H8BrClFNO. The van der Waals surface area contributed by atoms with Crippen molar-refractivity contribution in [1.29, 1.82) is 5.26 Å². The topological polar surface area (TPSA) is 33.0 Å². The van der Waals surface area contributed by atoms with Crippen molar-refractivity contribution in [2.75, 3.05) is 0 Å². The molecule has 0 aromatic heterocycles. The molecule has 0 amide bonds. The average molecular weight is 341 g/mol. The number of aryl methyl sites for hydroxylation is 1. The molecule has 0 spiro atoms. The van der Waals surface area contributed by atoms with Crippen molar-refractivity contribution in [2.45, 2.75) is 6.92 Å². The van der Waals surface area contributed by atoms with Crippen molar-refractivity contribution in [3.63, 3.8) is 0 Å². The zero-order valence-electron chi connectivity index (χ0n) is 9.88. The smallest absolute Gasteiger partial charge is 0.180 e. The molecule has 0 saturated heterocycles. The number of ether oxygens (including phenoxy) is 1. The van der Waals surface area contributed by atoms with Crippen molar-refractivity contribution < 1.29 is 9.13 Å². The molecule has 0 aliphatic carbocycles. The van der Waals surface area contributed by atoms with E-state index in [1.165, 1.54) is 18.2 Å². The number of rotatable bonds is 2. The Labute approximate surface area is 123 Å². The predicted molar refractivity (Wildman–Crippen MR) is 75.1 cm³/mol. The number of halogens is 3. The summed E-state index contributed by atoms with van der Waals surface area (Å²) in [5.41, 5.74) is 1.01. The average Bonchev–Trinajstić information content (AvgIpc) is 2.38. The maximum Gasteiger partial charge on any atom is 0.180 e. The van der Waals surface area contributed by atoms with E-state index < -0.39 is 5.82 Å². The van der Waals surface area contributed by atoms with Crippen LogP contribution in [0.15, 0.2) is 34.8 Å². The van der Waals surface area contributed by atoms with Crippen molar-refractivity contribution in [3.8, 4) is 17.6 Å². The van der Waals surface area contributed by atoms with E-state index in [1.807, 2.05) is 6.07 Å². The summed E-state index contributed by atoms with van der Waals surface area (Å²) in [7, 11) is 0. The first-order valence-electron chi connectivity index (χ1n) is 5.34. The summed E-state index contributed by atoms with van der Waals surface area (Å²) in [5.74, 6) is -0.0526. The molecule has 0 radical (unpaired) electrons. The Morgan fingerprint density at radius 2 is 2.05 bits per heavy atom. The first-order chi connectivity index (χ1) is 9.01. The van der Waals surface area contributed by atoms with E-state index in [1.54, 1.807) is 19.1 Å². The lowest BCUT2D eigenvalue weighted by atomic mass is 10.2. The van der Waals surface area contributed by atoms with Gasteiger partial charge >= 0.3 is 0 Å². The number of nitrogens with zero attached hydrogens (tertiary/aromatic N) is 1. The lowest BCUT2D eigenvalue weighted by molar-refractivity contribution is 0.436. The molecule has 0 saturated carbocycles. The molecule has 19 heavy (non-hydrogen) atoms. The molecule has 0 N–H and O–H groups in total. The summed E-state index contributed by atoms with van der Waals surface area (Å²) >= 11 is 8.97. The van der Waals surface area contributed by atoms with Crippen LogP contribution in [0.3, 0.4) is 0 Å². The third-order valence-corrected chi connectivity index (χ3v) is 3.30. The van der Waals surface area contributed by atoms with Gasteiger partial charge in [-0.2, -0.15) is 5.26 Å². The second kappa shape index (κ2) is 5.60. The first kappa shape index (κ1) is 13.9. The second-order valence-corrected chi connectivity index (χ2v) is 5.19. The summed E-state index contributed by atoms with van der Waals surface area (Å²) in [6.45, 7) is 1.74. The predicted octanol–water partition coefficient (Wildman–Crippen LogP) is 5.21. The molecule has 0 heterocycles. The minimum absolute atomic E-state index is 0.112. The van der Waals surface area contributed by atoms with E-state index in [0.717, 1.165) is 0 Å². The molecule has 0 unspecified atom stereocenters. The van der Waals surface area contributed by atoms with Gasteiger partial charge in [-0.05, 0) is 52.7 Å². The third kappa shape index (κ3) is 3.06. The molecule has 5 heteroatoms. The van der Waals surface area contributed by atoms with Crippen LogP contribution in [0.25, 0.3) is 0 Å². The van der Waals surface area contributed by atoms with Gasteiger partial charge in [-0.1, -0.05) is 17.7 Å².